The Bertz CT molecular complexity index is 541. The van der Waals surface area contributed by atoms with Gasteiger partial charge in [0, 0.05) is 6.42 Å². The van der Waals surface area contributed by atoms with E-state index < -0.39 is 0 Å². The quantitative estimate of drug-likeness (QED) is 0.341. The van der Waals surface area contributed by atoms with Crippen molar-refractivity contribution >= 4 is 0 Å². The molecule has 0 saturated carbocycles. The van der Waals surface area contributed by atoms with E-state index in [1.54, 1.807) is 6.92 Å². The first kappa shape index (κ1) is 25.3. The maximum absolute atomic E-state index is 5.91. The average molecular weight is 372 g/mol. The van der Waals surface area contributed by atoms with Crippen LogP contribution in [0, 0.1) is 24.2 Å². The van der Waals surface area contributed by atoms with E-state index in [1.807, 2.05) is 13.0 Å². The Labute approximate surface area is 168 Å². The third-order valence-electron chi connectivity index (χ3n) is 4.69. The van der Waals surface area contributed by atoms with Crippen LogP contribution in [0.2, 0.25) is 0 Å². The van der Waals surface area contributed by atoms with Gasteiger partial charge in [0.05, 0.1) is 5.76 Å². The molecule has 2 rings (SSSR count). The fourth-order valence-electron chi connectivity index (χ4n) is 2.85. The van der Waals surface area contributed by atoms with Crippen LogP contribution in [0.3, 0.4) is 0 Å². The van der Waals surface area contributed by atoms with Crippen molar-refractivity contribution in [2.45, 2.75) is 73.3 Å². The summed E-state index contributed by atoms with van der Waals surface area (Å²) >= 11 is 0. The van der Waals surface area contributed by atoms with Crippen molar-refractivity contribution in [1.82, 2.24) is 5.32 Å². The number of allylic oxidation sites excluding steroid dienone is 7. The second kappa shape index (κ2) is 15.3. The van der Waals surface area contributed by atoms with Gasteiger partial charge in [0.15, 0.2) is 0 Å². The number of piperidine rings is 1. The Morgan fingerprint density at radius 1 is 1.30 bits per heavy atom. The summed E-state index contributed by atoms with van der Waals surface area (Å²) in [7, 11) is 0. The molecule has 0 aromatic heterocycles. The van der Waals surface area contributed by atoms with Crippen molar-refractivity contribution in [2.75, 3.05) is 13.1 Å². The Balaban J connectivity index is 0.000000455. The van der Waals surface area contributed by atoms with Crippen molar-refractivity contribution in [3.05, 3.63) is 47.8 Å². The molecule has 0 aromatic rings. The zero-order valence-corrected chi connectivity index (χ0v) is 18.5. The van der Waals surface area contributed by atoms with Crippen LogP contribution in [-0.2, 0) is 4.74 Å². The van der Waals surface area contributed by atoms with Gasteiger partial charge in [-0.05, 0) is 64.1 Å². The summed E-state index contributed by atoms with van der Waals surface area (Å²) in [5, 5.41) is 3.33. The van der Waals surface area contributed by atoms with Crippen LogP contribution in [-0.4, -0.2) is 19.2 Å². The van der Waals surface area contributed by atoms with Gasteiger partial charge in [-0.15, -0.1) is 12.3 Å². The third-order valence-corrected chi connectivity index (χ3v) is 4.69. The van der Waals surface area contributed by atoms with E-state index >= 15 is 0 Å². The molecule has 2 nitrogen and oxygen atoms in total. The molecule has 0 aromatic carbocycles. The highest BCUT2D eigenvalue weighted by molar-refractivity contribution is 5.24. The highest BCUT2D eigenvalue weighted by atomic mass is 16.5. The second-order valence-corrected chi connectivity index (χ2v) is 7.34. The van der Waals surface area contributed by atoms with Crippen LogP contribution >= 0.6 is 0 Å². The van der Waals surface area contributed by atoms with Gasteiger partial charge in [0.25, 0.3) is 0 Å². The lowest BCUT2D eigenvalue weighted by Crippen LogP contribution is -2.32. The molecule has 0 amide bonds. The number of nitrogens with one attached hydrogen (secondary N) is 1. The first-order chi connectivity index (χ1) is 12.9. The molecule has 0 radical (unpaired) electrons. The molecule has 0 bridgehead atoms. The fourth-order valence-corrected chi connectivity index (χ4v) is 2.85. The van der Waals surface area contributed by atoms with Crippen LogP contribution in [0.15, 0.2) is 47.8 Å². The number of terminal acetylenes is 1. The average Bonchev–Trinajstić information content (AvgIpc) is 2.65. The Morgan fingerprint density at radius 3 is 2.33 bits per heavy atom. The summed E-state index contributed by atoms with van der Waals surface area (Å²) in [6, 6.07) is 0. The largest absolute Gasteiger partial charge is 0.495 e. The standard InChI is InChI=1S/C12H21NO.C10H16.C3H4/c1-4-11(9-10(2)3)14-12-5-7-13-8-6-12;1-4-10-6-5-8(2)9(3)7-10;1-3-2/h9,12-13H,2,4-8H2,1,3H3;5-9H,4H2,1-3H3;1H,2H3/b11-9+;;. The summed E-state index contributed by atoms with van der Waals surface area (Å²) in [4.78, 5) is 0. The number of hydrogen-bond acceptors (Lipinski definition) is 2. The first-order valence-corrected chi connectivity index (χ1v) is 10.4. The van der Waals surface area contributed by atoms with Crippen LogP contribution < -0.4 is 5.32 Å². The predicted molar refractivity (Wildman–Crippen MR) is 121 cm³/mol. The van der Waals surface area contributed by atoms with Gasteiger partial charge in [-0.25, -0.2) is 0 Å². The molecule has 0 spiro atoms. The monoisotopic (exact) mass is 371 g/mol. The smallest absolute Gasteiger partial charge is 0.101 e. The van der Waals surface area contributed by atoms with Crippen LogP contribution in [0.25, 0.3) is 0 Å². The van der Waals surface area contributed by atoms with Crippen molar-refractivity contribution in [1.29, 1.82) is 0 Å². The van der Waals surface area contributed by atoms with Gasteiger partial charge in [-0.1, -0.05) is 63.6 Å². The summed E-state index contributed by atoms with van der Waals surface area (Å²) in [5.41, 5.74) is 2.56. The van der Waals surface area contributed by atoms with E-state index in [1.165, 1.54) is 12.0 Å². The molecule has 2 atom stereocenters. The topological polar surface area (TPSA) is 21.3 Å². The SMILES string of the molecule is C#CC.C=C(C)/C=C(\CC)OC1CCNCC1.CCC1=CC(C)C(C)C=C1. The molecule has 1 aliphatic heterocycles. The second-order valence-electron chi connectivity index (χ2n) is 7.34. The highest BCUT2D eigenvalue weighted by Crippen LogP contribution is 2.23. The summed E-state index contributed by atoms with van der Waals surface area (Å²) < 4.78 is 5.91. The minimum absolute atomic E-state index is 0.404. The lowest BCUT2D eigenvalue weighted by Gasteiger charge is -2.25. The van der Waals surface area contributed by atoms with Crippen LogP contribution in [0.4, 0.5) is 0 Å². The van der Waals surface area contributed by atoms with Crippen molar-refractivity contribution in [3.63, 3.8) is 0 Å². The lowest BCUT2D eigenvalue weighted by atomic mass is 9.88. The normalized spacial score (nSPS) is 22.3. The van der Waals surface area contributed by atoms with E-state index in [0.717, 1.165) is 55.5 Å². The van der Waals surface area contributed by atoms with Gasteiger partial charge < -0.3 is 10.1 Å². The molecular weight excluding hydrogens is 330 g/mol. The fraction of sp³-hybridized carbons (Fsp3) is 0.600. The molecule has 1 fully saturated rings. The van der Waals surface area contributed by atoms with Crippen molar-refractivity contribution in [2.24, 2.45) is 11.8 Å². The molecule has 27 heavy (non-hydrogen) atoms. The van der Waals surface area contributed by atoms with Gasteiger partial charge in [-0.3, -0.25) is 0 Å². The lowest BCUT2D eigenvalue weighted by molar-refractivity contribution is 0.0837. The first-order valence-electron chi connectivity index (χ1n) is 10.4. The summed E-state index contributed by atoms with van der Waals surface area (Å²) in [5.74, 6) is 4.79. The highest BCUT2D eigenvalue weighted by Gasteiger charge is 2.14. The van der Waals surface area contributed by atoms with Crippen molar-refractivity contribution in [3.8, 4) is 12.3 Å². The van der Waals surface area contributed by atoms with E-state index in [2.05, 4.69) is 70.2 Å². The molecule has 1 heterocycles. The third kappa shape index (κ3) is 12.3. The molecule has 2 unspecified atom stereocenters. The van der Waals surface area contributed by atoms with Gasteiger partial charge in [-0.2, -0.15) is 0 Å². The maximum atomic E-state index is 5.91. The number of hydrogen-bond donors (Lipinski definition) is 1. The van der Waals surface area contributed by atoms with E-state index in [0.29, 0.717) is 6.10 Å². The summed E-state index contributed by atoms with van der Waals surface area (Å²) in [6.45, 7) is 18.6. The van der Waals surface area contributed by atoms with Gasteiger partial charge in [0.1, 0.15) is 6.10 Å². The minimum Gasteiger partial charge on any atom is -0.495 e. The zero-order chi connectivity index (χ0) is 20.7. The van der Waals surface area contributed by atoms with Crippen LogP contribution in [0.5, 0.6) is 0 Å². The van der Waals surface area contributed by atoms with Crippen LogP contribution in [0.1, 0.15) is 67.2 Å². The Morgan fingerprint density at radius 2 is 1.89 bits per heavy atom. The number of rotatable bonds is 5. The molecule has 2 heteroatoms. The predicted octanol–water partition coefficient (Wildman–Crippen LogP) is 6.43. The Kier molecular flexibility index (Phi) is 14.4. The molecule has 1 saturated heterocycles. The molecule has 1 aliphatic carbocycles. The van der Waals surface area contributed by atoms with E-state index in [9.17, 15) is 0 Å². The Hall–Kier alpha value is -1.72. The summed E-state index contributed by atoms with van der Waals surface area (Å²) in [6.07, 6.45) is 18.4. The molecule has 1 N–H and O–H groups in total. The van der Waals surface area contributed by atoms with E-state index in [4.69, 9.17) is 4.74 Å². The molecule has 152 valence electrons. The zero-order valence-electron chi connectivity index (χ0n) is 18.5. The van der Waals surface area contributed by atoms with Gasteiger partial charge >= 0.3 is 0 Å². The van der Waals surface area contributed by atoms with E-state index in [-0.39, 0.29) is 0 Å². The molecular formula is C25H41NO. The minimum atomic E-state index is 0.404. The van der Waals surface area contributed by atoms with Gasteiger partial charge in [0.2, 0.25) is 0 Å². The molecule has 2 aliphatic rings. The van der Waals surface area contributed by atoms with Crippen molar-refractivity contribution < 1.29 is 4.74 Å². The number of ether oxygens (including phenoxy) is 1. The maximum Gasteiger partial charge on any atom is 0.101 e.